The third kappa shape index (κ3) is 2.75. The molecule has 1 heterocycles. The summed E-state index contributed by atoms with van der Waals surface area (Å²) in [6, 6.07) is 1.91. The number of nitrogens with zero attached hydrogens (tertiary/aromatic N) is 2. The van der Waals surface area contributed by atoms with Crippen LogP contribution in [0.1, 0.15) is 19.5 Å². The molecule has 13 heavy (non-hydrogen) atoms. The molecule has 0 aliphatic heterocycles. The molecule has 0 aromatic carbocycles. The van der Waals surface area contributed by atoms with Gasteiger partial charge >= 0.3 is 0 Å². The van der Waals surface area contributed by atoms with Crippen LogP contribution >= 0.6 is 0 Å². The average molecular weight is 175 g/mol. The van der Waals surface area contributed by atoms with Crippen molar-refractivity contribution in [3.8, 4) is 12.3 Å². The van der Waals surface area contributed by atoms with Gasteiger partial charge in [-0.1, -0.05) is 12.8 Å². The van der Waals surface area contributed by atoms with Crippen LogP contribution in [0, 0.1) is 12.3 Å². The second-order valence-corrected chi connectivity index (χ2v) is 2.78. The highest BCUT2D eigenvalue weighted by molar-refractivity contribution is 5.37. The number of terminal acetylenes is 1. The van der Waals surface area contributed by atoms with Crippen molar-refractivity contribution in [2.45, 2.75) is 26.3 Å². The highest BCUT2D eigenvalue weighted by atomic mass is 15.0. The molecular weight excluding hydrogens is 162 g/mol. The Morgan fingerprint density at radius 2 is 2.38 bits per heavy atom. The Morgan fingerprint density at radius 1 is 1.62 bits per heavy atom. The first kappa shape index (κ1) is 9.53. The van der Waals surface area contributed by atoms with E-state index in [1.807, 2.05) is 13.0 Å². The van der Waals surface area contributed by atoms with Gasteiger partial charge in [0.1, 0.15) is 12.1 Å². The Kier molecular flexibility index (Phi) is 3.27. The number of rotatable bonds is 3. The molecule has 68 valence electrons. The molecular formula is C10H13N3. The van der Waals surface area contributed by atoms with Crippen LogP contribution in [0.5, 0.6) is 0 Å². The van der Waals surface area contributed by atoms with Crippen molar-refractivity contribution in [2.24, 2.45) is 0 Å². The average Bonchev–Trinajstić information content (AvgIpc) is 2.18. The molecule has 0 fully saturated rings. The van der Waals surface area contributed by atoms with Gasteiger partial charge in [0.25, 0.3) is 0 Å². The summed E-state index contributed by atoms with van der Waals surface area (Å²) < 4.78 is 0. The second kappa shape index (κ2) is 4.46. The molecule has 1 rings (SSSR count). The first-order chi connectivity index (χ1) is 6.26. The predicted octanol–water partition coefficient (Wildman–Crippen LogP) is 1.47. The molecule has 0 saturated heterocycles. The Hall–Kier alpha value is -1.56. The van der Waals surface area contributed by atoms with Gasteiger partial charge in [-0.05, 0) is 13.3 Å². The van der Waals surface area contributed by atoms with E-state index in [0.29, 0.717) is 0 Å². The van der Waals surface area contributed by atoms with Crippen LogP contribution in [0.3, 0.4) is 0 Å². The number of aromatic nitrogens is 2. The van der Waals surface area contributed by atoms with Crippen molar-refractivity contribution in [3.05, 3.63) is 18.1 Å². The Balaban J connectivity index is 2.73. The normalized spacial score (nSPS) is 11.8. The summed E-state index contributed by atoms with van der Waals surface area (Å²) >= 11 is 0. The Labute approximate surface area is 78.6 Å². The van der Waals surface area contributed by atoms with Gasteiger partial charge in [-0.25, -0.2) is 9.97 Å². The maximum absolute atomic E-state index is 5.23. The fourth-order valence-electron chi connectivity index (χ4n) is 0.933. The van der Waals surface area contributed by atoms with E-state index in [1.54, 1.807) is 6.33 Å². The van der Waals surface area contributed by atoms with Crippen LogP contribution in [-0.2, 0) is 6.42 Å². The fourth-order valence-corrected chi connectivity index (χ4v) is 0.933. The van der Waals surface area contributed by atoms with E-state index in [-0.39, 0.29) is 6.04 Å². The van der Waals surface area contributed by atoms with Crippen LogP contribution in [0.15, 0.2) is 12.4 Å². The third-order valence-corrected chi connectivity index (χ3v) is 1.70. The van der Waals surface area contributed by atoms with Crippen molar-refractivity contribution >= 4 is 5.82 Å². The number of anilines is 1. The number of hydrogen-bond acceptors (Lipinski definition) is 3. The minimum atomic E-state index is -0.000365. The summed E-state index contributed by atoms with van der Waals surface area (Å²) in [5, 5.41) is 3.08. The molecule has 0 amide bonds. The summed E-state index contributed by atoms with van der Waals surface area (Å²) in [5.41, 5.74) is 1.02. The lowest BCUT2D eigenvalue weighted by molar-refractivity contribution is 0.965. The van der Waals surface area contributed by atoms with Crippen LogP contribution in [0.4, 0.5) is 5.82 Å². The van der Waals surface area contributed by atoms with Crippen molar-refractivity contribution in [1.82, 2.24) is 9.97 Å². The molecule has 1 unspecified atom stereocenters. The molecule has 0 saturated carbocycles. The van der Waals surface area contributed by atoms with Crippen molar-refractivity contribution in [3.63, 3.8) is 0 Å². The van der Waals surface area contributed by atoms with Crippen molar-refractivity contribution in [2.75, 3.05) is 5.32 Å². The summed E-state index contributed by atoms with van der Waals surface area (Å²) in [4.78, 5) is 8.15. The molecule has 0 aliphatic carbocycles. The van der Waals surface area contributed by atoms with E-state index in [1.165, 1.54) is 0 Å². The van der Waals surface area contributed by atoms with E-state index in [0.717, 1.165) is 17.9 Å². The number of aryl methyl sites for hydroxylation is 1. The Bertz CT molecular complexity index is 314. The lowest BCUT2D eigenvalue weighted by Gasteiger charge is -2.08. The smallest absolute Gasteiger partial charge is 0.130 e. The van der Waals surface area contributed by atoms with Crippen LogP contribution in [0.2, 0.25) is 0 Å². The van der Waals surface area contributed by atoms with Gasteiger partial charge in [-0.2, -0.15) is 0 Å². The monoisotopic (exact) mass is 175 g/mol. The van der Waals surface area contributed by atoms with E-state index in [2.05, 4.69) is 28.1 Å². The van der Waals surface area contributed by atoms with E-state index >= 15 is 0 Å². The van der Waals surface area contributed by atoms with Crippen molar-refractivity contribution in [1.29, 1.82) is 0 Å². The van der Waals surface area contributed by atoms with Gasteiger partial charge in [0, 0.05) is 11.8 Å². The summed E-state index contributed by atoms with van der Waals surface area (Å²) in [5.74, 6) is 3.37. The second-order valence-electron chi connectivity index (χ2n) is 2.78. The van der Waals surface area contributed by atoms with Gasteiger partial charge < -0.3 is 5.32 Å². The molecule has 0 aliphatic rings. The van der Waals surface area contributed by atoms with E-state index in [9.17, 15) is 0 Å². The van der Waals surface area contributed by atoms with Gasteiger partial charge in [0.2, 0.25) is 0 Å². The van der Waals surface area contributed by atoms with Gasteiger partial charge in [0.05, 0.1) is 6.04 Å². The van der Waals surface area contributed by atoms with E-state index in [4.69, 9.17) is 6.42 Å². The first-order valence-electron chi connectivity index (χ1n) is 4.29. The molecule has 0 radical (unpaired) electrons. The maximum Gasteiger partial charge on any atom is 0.130 e. The molecule has 3 nitrogen and oxygen atoms in total. The summed E-state index contributed by atoms with van der Waals surface area (Å²) in [7, 11) is 0. The molecule has 1 aromatic heterocycles. The van der Waals surface area contributed by atoms with E-state index < -0.39 is 0 Å². The fraction of sp³-hybridized carbons (Fsp3) is 0.400. The predicted molar refractivity (Wildman–Crippen MR) is 53.3 cm³/mol. The van der Waals surface area contributed by atoms with Gasteiger partial charge in [0.15, 0.2) is 0 Å². The molecule has 0 bridgehead atoms. The topological polar surface area (TPSA) is 37.8 Å². The molecule has 1 atom stereocenters. The zero-order valence-corrected chi connectivity index (χ0v) is 7.91. The molecule has 1 N–H and O–H groups in total. The molecule has 3 heteroatoms. The minimum absolute atomic E-state index is 0.000365. The minimum Gasteiger partial charge on any atom is -0.357 e. The molecule has 0 spiro atoms. The van der Waals surface area contributed by atoms with Crippen molar-refractivity contribution < 1.29 is 0 Å². The lowest BCUT2D eigenvalue weighted by atomic mass is 10.3. The Morgan fingerprint density at radius 3 is 3.00 bits per heavy atom. The summed E-state index contributed by atoms with van der Waals surface area (Å²) in [6.45, 7) is 3.96. The van der Waals surface area contributed by atoms with Crippen LogP contribution < -0.4 is 5.32 Å². The van der Waals surface area contributed by atoms with Gasteiger partial charge in [-0.15, -0.1) is 6.42 Å². The first-order valence-corrected chi connectivity index (χ1v) is 4.29. The lowest BCUT2D eigenvalue weighted by Crippen LogP contribution is -2.13. The zero-order valence-electron chi connectivity index (χ0n) is 7.91. The maximum atomic E-state index is 5.23. The summed E-state index contributed by atoms with van der Waals surface area (Å²) in [6.07, 6.45) is 7.68. The SMILES string of the molecule is C#CC(C)Nc1cc(CC)ncn1. The third-order valence-electron chi connectivity index (χ3n) is 1.70. The standard InChI is InChI=1S/C10H13N3/c1-4-8(3)13-10-6-9(5-2)11-7-12-10/h1,6-8H,5H2,2-3H3,(H,11,12,13). The zero-order chi connectivity index (χ0) is 9.68. The van der Waals surface area contributed by atoms with Crippen LogP contribution in [-0.4, -0.2) is 16.0 Å². The largest absolute Gasteiger partial charge is 0.357 e. The quantitative estimate of drug-likeness (QED) is 0.707. The highest BCUT2D eigenvalue weighted by Crippen LogP contribution is 2.05. The number of nitrogens with one attached hydrogen (secondary N) is 1. The van der Waals surface area contributed by atoms with Crippen LogP contribution in [0.25, 0.3) is 0 Å². The van der Waals surface area contributed by atoms with Gasteiger partial charge in [-0.3, -0.25) is 0 Å². The number of hydrogen-bond donors (Lipinski definition) is 1. The molecule has 1 aromatic rings. The highest BCUT2D eigenvalue weighted by Gasteiger charge is 1.99.